The molecule has 0 aliphatic heterocycles. The van der Waals surface area contributed by atoms with Gasteiger partial charge in [0, 0.05) is 36.6 Å². The van der Waals surface area contributed by atoms with Crippen LogP contribution in [0, 0.1) is 13.8 Å². The zero-order chi connectivity index (χ0) is 12.4. The maximum absolute atomic E-state index is 10.2. The molecule has 0 aliphatic carbocycles. The van der Waals surface area contributed by atoms with Crippen molar-refractivity contribution in [1.82, 2.24) is 14.8 Å². The lowest BCUT2D eigenvalue weighted by molar-refractivity contribution is 0.175. The molecular formula is C13H17N3O. The van der Waals surface area contributed by atoms with Crippen LogP contribution in [0.3, 0.4) is 0 Å². The minimum atomic E-state index is -0.544. The molecule has 90 valence electrons. The molecule has 2 rings (SSSR count). The molecule has 17 heavy (non-hydrogen) atoms. The van der Waals surface area contributed by atoms with Crippen molar-refractivity contribution in [3.05, 3.63) is 47.0 Å². The van der Waals surface area contributed by atoms with Crippen LogP contribution in [0.25, 0.3) is 0 Å². The second-order valence-electron chi connectivity index (χ2n) is 4.33. The maximum atomic E-state index is 10.2. The number of aliphatic hydroxyl groups is 1. The van der Waals surface area contributed by atoms with Gasteiger partial charge in [-0.2, -0.15) is 5.10 Å². The lowest BCUT2D eigenvalue weighted by Gasteiger charge is -2.12. The van der Waals surface area contributed by atoms with Crippen LogP contribution in [0.4, 0.5) is 0 Å². The van der Waals surface area contributed by atoms with Crippen LogP contribution in [-0.2, 0) is 13.5 Å². The Balaban J connectivity index is 2.17. The predicted molar refractivity (Wildman–Crippen MR) is 65.6 cm³/mol. The molecule has 4 heteroatoms. The molecule has 2 aromatic rings. The highest BCUT2D eigenvalue weighted by molar-refractivity contribution is 5.25. The second kappa shape index (κ2) is 4.67. The number of hydrogen-bond acceptors (Lipinski definition) is 3. The van der Waals surface area contributed by atoms with Gasteiger partial charge in [0.1, 0.15) is 0 Å². The Labute approximate surface area is 101 Å². The smallest absolute Gasteiger partial charge is 0.0863 e. The fraction of sp³-hybridized carbons (Fsp3) is 0.385. The quantitative estimate of drug-likeness (QED) is 0.874. The van der Waals surface area contributed by atoms with E-state index in [9.17, 15) is 5.11 Å². The van der Waals surface area contributed by atoms with E-state index in [0.29, 0.717) is 6.42 Å². The molecule has 1 atom stereocenters. The first-order valence-electron chi connectivity index (χ1n) is 5.67. The maximum Gasteiger partial charge on any atom is 0.0863 e. The van der Waals surface area contributed by atoms with Gasteiger partial charge in [0.2, 0.25) is 0 Å². The van der Waals surface area contributed by atoms with Crippen molar-refractivity contribution in [2.45, 2.75) is 26.4 Å². The first-order chi connectivity index (χ1) is 8.06. The van der Waals surface area contributed by atoms with E-state index in [2.05, 4.69) is 10.1 Å². The molecule has 0 saturated carbocycles. The SMILES string of the molecule is Cc1ccc(C(O)Cc2ccn(C)n2)c(C)n1. The standard InChI is InChI=1S/C13H17N3O/c1-9-4-5-12(10(2)14-9)13(17)8-11-6-7-16(3)15-11/h4-7,13,17H,8H2,1-3H3. The van der Waals surface area contributed by atoms with Gasteiger partial charge in [0.25, 0.3) is 0 Å². The Hall–Kier alpha value is -1.68. The van der Waals surface area contributed by atoms with Crippen LogP contribution < -0.4 is 0 Å². The number of aromatic nitrogens is 3. The van der Waals surface area contributed by atoms with Crippen molar-refractivity contribution in [1.29, 1.82) is 0 Å². The molecule has 2 heterocycles. The highest BCUT2D eigenvalue weighted by atomic mass is 16.3. The lowest BCUT2D eigenvalue weighted by atomic mass is 10.0. The molecule has 2 aromatic heterocycles. The highest BCUT2D eigenvalue weighted by Crippen LogP contribution is 2.20. The summed E-state index contributed by atoms with van der Waals surface area (Å²) in [5.74, 6) is 0. The zero-order valence-electron chi connectivity index (χ0n) is 10.4. The Bertz CT molecular complexity index is 519. The Morgan fingerprint density at radius 3 is 2.65 bits per heavy atom. The third-order valence-corrected chi connectivity index (χ3v) is 2.80. The first kappa shape index (κ1) is 11.8. The van der Waals surface area contributed by atoms with Crippen molar-refractivity contribution in [2.24, 2.45) is 7.05 Å². The summed E-state index contributed by atoms with van der Waals surface area (Å²) in [4.78, 5) is 4.36. The zero-order valence-corrected chi connectivity index (χ0v) is 10.4. The van der Waals surface area contributed by atoms with E-state index in [1.165, 1.54) is 0 Å². The summed E-state index contributed by atoms with van der Waals surface area (Å²) in [5.41, 5.74) is 3.62. The number of aliphatic hydroxyl groups excluding tert-OH is 1. The Morgan fingerprint density at radius 2 is 2.06 bits per heavy atom. The molecule has 1 unspecified atom stereocenters. The number of nitrogens with zero attached hydrogens (tertiary/aromatic N) is 3. The molecule has 0 saturated heterocycles. The van der Waals surface area contributed by atoms with Gasteiger partial charge in [-0.3, -0.25) is 9.67 Å². The van der Waals surface area contributed by atoms with Crippen molar-refractivity contribution < 1.29 is 5.11 Å². The molecular weight excluding hydrogens is 214 g/mol. The average molecular weight is 231 g/mol. The van der Waals surface area contributed by atoms with Crippen molar-refractivity contribution in [2.75, 3.05) is 0 Å². The summed E-state index contributed by atoms with van der Waals surface area (Å²) in [5, 5.41) is 14.4. The molecule has 0 aromatic carbocycles. The van der Waals surface area contributed by atoms with Gasteiger partial charge in [0.15, 0.2) is 0 Å². The van der Waals surface area contributed by atoms with Gasteiger partial charge in [0.05, 0.1) is 11.8 Å². The molecule has 0 spiro atoms. The Kier molecular flexibility index (Phi) is 3.24. The fourth-order valence-electron chi connectivity index (χ4n) is 1.93. The number of hydrogen-bond donors (Lipinski definition) is 1. The third kappa shape index (κ3) is 2.71. The topological polar surface area (TPSA) is 50.9 Å². The molecule has 0 amide bonds. The minimum Gasteiger partial charge on any atom is -0.388 e. The van der Waals surface area contributed by atoms with E-state index in [-0.39, 0.29) is 0 Å². The van der Waals surface area contributed by atoms with Gasteiger partial charge in [-0.1, -0.05) is 6.07 Å². The number of rotatable bonds is 3. The normalized spacial score (nSPS) is 12.7. The lowest BCUT2D eigenvalue weighted by Crippen LogP contribution is -2.06. The number of aryl methyl sites for hydroxylation is 3. The van der Waals surface area contributed by atoms with E-state index in [4.69, 9.17) is 0 Å². The van der Waals surface area contributed by atoms with Crippen molar-refractivity contribution in [3.63, 3.8) is 0 Å². The van der Waals surface area contributed by atoms with Crippen molar-refractivity contribution in [3.8, 4) is 0 Å². The van der Waals surface area contributed by atoms with Gasteiger partial charge in [-0.25, -0.2) is 0 Å². The van der Waals surface area contributed by atoms with Gasteiger partial charge >= 0.3 is 0 Å². The molecule has 0 aliphatic rings. The van der Waals surface area contributed by atoms with E-state index >= 15 is 0 Å². The van der Waals surface area contributed by atoms with Gasteiger partial charge in [-0.15, -0.1) is 0 Å². The summed E-state index contributed by atoms with van der Waals surface area (Å²) in [6.07, 6.45) is 1.85. The van der Waals surface area contributed by atoms with Crippen LogP contribution >= 0.6 is 0 Å². The Morgan fingerprint density at radius 1 is 1.29 bits per heavy atom. The summed E-state index contributed by atoms with van der Waals surface area (Å²) < 4.78 is 1.74. The van der Waals surface area contributed by atoms with Crippen molar-refractivity contribution >= 4 is 0 Å². The van der Waals surface area contributed by atoms with E-state index in [1.807, 2.05) is 45.3 Å². The van der Waals surface area contributed by atoms with E-state index in [1.54, 1.807) is 4.68 Å². The van der Waals surface area contributed by atoms with Crippen LogP contribution in [0.1, 0.15) is 28.7 Å². The minimum absolute atomic E-state index is 0.520. The average Bonchev–Trinajstić information content (AvgIpc) is 2.63. The van der Waals surface area contributed by atoms with Crippen LogP contribution in [-0.4, -0.2) is 19.9 Å². The third-order valence-electron chi connectivity index (χ3n) is 2.80. The van der Waals surface area contributed by atoms with Gasteiger partial charge < -0.3 is 5.11 Å². The summed E-state index contributed by atoms with van der Waals surface area (Å²) in [6, 6.07) is 5.77. The summed E-state index contributed by atoms with van der Waals surface area (Å²) in [7, 11) is 1.87. The first-order valence-corrected chi connectivity index (χ1v) is 5.67. The largest absolute Gasteiger partial charge is 0.388 e. The second-order valence-corrected chi connectivity index (χ2v) is 4.33. The summed E-state index contributed by atoms with van der Waals surface area (Å²) in [6.45, 7) is 3.87. The molecule has 1 N–H and O–H groups in total. The summed E-state index contributed by atoms with van der Waals surface area (Å²) >= 11 is 0. The fourth-order valence-corrected chi connectivity index (χ4v) is 1.93. The predicted octanol–water partition coefficient (Wildman–Crippen LogP) is 1.71. The highest BCUT2D eigenvalue weighted by Gasteiger charge is 2.13. The van der Waals surface area contributed by atoms with E-state index < -0.39 is 6.10 Å². The number of pyridine rings is 1. The monoisotopic (exact) mass is 231 g/mol. The van der Waals surface area contributed by atoms with Gasteiger partial charge in [-0.05, 0) is 26.0 Å². The van der Waals surface area contributed by atoms with Crippen LogP contribution in [0.2, 0.25) is 0 Å². The molecule has 0 radical (unpaired) electrons. The van der Waals surface area contributed by atoms with E-state index in [0.717, 1.165) is 22.6 Å². The molecule has 4 nitrogen and oxygen atoms in total. The van der Waals surface area contributed by atoms with Crippen LogP contribution in [0.15, 0.2) is 24.4 Å². The molecule has 0 bridgehead atoms. The molecule has 0 fully saturated rings. The van der Waals surface area contributed by atoms with Crippen LogP contribution in [0.5, 0.6) is 0 Å².